The van der Waals surface area contributed by atoms with Gasteiger partial charge in [0, 0.05) is 11.1 Å². The van der Waals surface area contributed by atoms with Gasteiger partial charge in [-0.1, -0.05) is 59.8 Å². The predicted octanol–water partition coefficient (Wildman–Crippen LogP) is 3.00. The van der Waals surface area contributed by atoms with Crippen LogP contribution in [0.15, 0.2) is 66.3 Å². The van der Waals surface area contributed by atoms with Crippen molar-refractivity contribution in [2.75, 3.05) is 19.8 Å². The molecule has 1 unspecified atom stereocenters. The van der Waals surface area contributed by atoms with Crippen LogP contribution in [0.5, 0.6) is 0 Å². The molecule has 4 nitrogen and oxygen atoms in total. The van der Waals surface area contributed by atoms with Crippen molar-refractivity contribution in [3.8, 4) is 11.1 Å². The number of hydrogen-bond acceptors (Lipinski definition) is 4. The van der Waals surface area contributed by atoms with Gasteiger partial charge < -0.3 is 14.7 Å². The molecule has 23 heavy (non-hydrogen) atoms. The van der Waals surface area contributed by atoms with Crippen LogP contribution >= 0.6 is 0 Å². The fourth-order valence-corrected chi connectivity index (χ4v) is 2.62. The minimum absolute atomic E-state index is 0.0883. The molecule has 0 amide bonds. The average Bonchev–Trinajstić information content (AvgIpc) is 2.90. The van der Waals surface area contributed by atoms with Gasteiger partial charge in [0.1, 0.15) is 18.4 Å². The van der Waals surface area contributed by atoms with Gasteiger partial charge in [0.25, 0.3) is 0 Å². The van der Waals surface area contributed by atoms with E-state index in [0.717, 1.165) is 28.0 Å². The lowest BCUT2D eigenvalue weighted by atomic mass is 10.1. The smallest absolute Gasteiger partial charge is 0.145 e. The summed E-state index contributed by atoms with van der Waals surface area (Å²) >= 11 is 0. The second-order valence-corrected chi connectivity index (χ2v) is 5.31. The summed E-state index contributed by atoms with van der Waals surface area (Å²) in [6.45, 7) is 4.25. The van der Waals surface area contributed by atoms with Gasteiger partial charge in [-0.3, -0.25) is 0 Å². The second-order valence-electron chi connectivity index (χ2n) is 5.31. The highest BCUT2D eigenvalue weighted by Gasteiger charge is 2.24. The predicted molar refractivity (Wildman–Crippen MR) is 90.5 cm³/mol. The Morgan fingerprint density at radius 2 is 1.52 bits per heavy atom. The first-order valence-corrected chi connectivity index (χ1v) is 7.57. The van der Waals surface area contributed by atoms with Gasteiger partial charge in [-0.05, 0) is 11.1 Å². The fraction of sp³-hybridized carbons (Fsp3) is 0.211. The highest BCUT2D eigenvalue weighted by molar-refractivity contribution is 6.24. The zero-order valence-electron chi connectivity index (χ0n) is 12.8. The molecule has 2 aromatic rings. The Kier molecular flexibility index (Phi) is 4.86. The molecule has 0 aromatic heterocycles. The number of oxime groups is 1. The number of nitrogens with zero attached hydrogens (tertiary/aromatic N) is 1. The highest BCUT2D eigenvalue weighted by atomic mass is 16.6. The van der Waals surface area contributed by atoms with Crippen LogP contribution in [0.2, 0.25) is 0 Å². The van der Waals surface area contributed by atoms with E-state index < -0.39 is 6.10 Å². The third-order valence-electron chi connectivity index (χ3n) is 3.62. The van der Waals surface area contributed by atoms with Crippen molar-refractivity contribution in [1.82, 2.24) is 0 Å². The van der Waals surface area contributed by atoms with Crippen LogP contribution in [0, 0.1) is 0 Å². The van der Waals surface area contributed by atoms with E-state index in [-0.39, 0.29) is 13.2 Å². The SMILES string of the molecule is C=CCOCC(O)CON=C1c2ccccc2-c2ccccc21. The van der Waals surface area contributed by atoms with Crippen LogP contribution in [0.3, 0.4) is 0 Å². The molecule has 0 radical (unpaired) electrons. The largest absolute Gasteiger partial charge is 0.392 e. The summed E-state index contributed by atoms with van der Waals surface area (Å²) in [7, 11) is 0. The van der Waals surface area contributed by atoms with Crippen molar-refractivity contribution in [2.45, 2.75) is 6.10 Å². The molecule has 0 saturated carbocycles. The molecular weight excluding hydrogens is 290 g/mol. The van der Waals surface area contributed by atoms with Gasteiger partial charge in [0.2, 0.25) is 0 Å². The number of rotatable bonds is 7. The molecule has 1 aliphatic rings. The molecule has 0 spiro atoms. The first-order valence-electron chi connectivity index (χ1n) is 7.57. The Morgan fingerprint density at radius 3 is 2.09 bits per heavy atom. The summed E-state index contributed by atoms with van der Waals surface area (Å²) in [6, 6.07) is 16.2. The van der Waals surface area contributed by atoms with Gasteiger partial charge in [-0.15, -0.1) is 6.58 Å². The molecule has 0 bridgehead atoms. The van der Waals surface area contributed by atoms with E-state index in [1.54, 1.807) is 6.08 Å². The molecule has 118 valence electrons. The van der Waals surface area contributed by atoms with Crippen LogP contribution in [0.25, 0.3) is 11.1 Å². The van der Waals surface area contributed by atoms with Gasteiger partial charge >= 0.3 is 0 Å². The normalized spacial score (nSPS) is 13.2. The molecule has 0 heterocycles. The lowest BCUT2D eigenvalue weighted by Gasteiger charge is -2.09. The number of aliphatic hydroxyl groups excluding tert-OH is 1. The topological polar surface area (TPSA) is 51.0 Å². The Bertz CT molecular complexity index is 677. The van der Waals surface area contributed by atoms with Crippen molar-refractivity contribution in [3.63, 3.8) is 0 Å². The monoisotopic (exact) mass is 309 g/mol. The maximum atomic E-state index is 9.79. The van der Waals surface area contributed by atoms with Gasteiger partial charge in [-0.25, -0.2) is 0 Å². The molecule has 1 N–H and O–H groups in total. The molecule has 0 saturated heterocycles. The van der Waals surface area contributed by atoms with E-state index in [4.69, 9.17) is 9.57 Å². The fourth-order valence-electron chi connectivity index (χ4n) is 2.62. The third kappa shape index (κ3) is 3.33. The average molecular weight is 309 g/mol. The van der Waals surface area contributed by atoms with Crippen molar-refractivity contribution < 1.29 is 14.7 Å². The molecule has 0 fully saturated rings. The van der Waals surface area contributed by atoms with E-state index in [1.165, 1.54) is 0 Å². The minimum atomic E-state index is -0.716. The summed E-state index contributed by atoms with van der Waals surface area (Å²) in [5.41, 5.74) is 5.20. The summed E-state index contributed by atoms with van der Waals surface area (Å²) < 4.78 is 5.18. The molecule has 3 rings (SSSR count). The number of hydrogen-bond donors (Lipinski definition) is 1. The number of benzene rings is 2. The van der Waals surface area contributed by atoms with Crippen molar-refractivity contribution in [3.05, 3.63) is 72.3 Å². The summed E-state index contributed by atoms with van der Waals surface area (Å²) in [4.78, 5) is 5.36. The van der Waals surface area contributed by atoms with E-state index in [0.29, 0.717) is 6.61 Å². The number of aliphatic hydroxyl groups is 1. The molecule has 1 aliphatic carbocycles. The second kappa shape index (κ2) is 7.22. The van der Waals surface area contributed by atoms with Crippen LogP contribution in [0.4, 0.5) is 0 Å². The minimum Gasteiger partial charge on any atom is -0.392 e. The van der Waals surface area contributed by atoms with Crippen molar-refractivity contribution in [2.24, 2.45) is 5.16 Å². The first kappa shape index (κ1) is 15.5. The van der Waals surface area contributed by atoms with Gasteiger partial charge in [0.05, 0.1) is 13.2 Å². The van der Waals surface area contributed by atoms with Crippen LogP contribution in [0.1, 0.15) is 11.1 Å². The van der Waals surface area contributed by atoms with E-state index in [1.807, 2.05) is 36.4 Å². The van der Waals surface area contributed by atoms with E-state index >= 15 is 0 Å². The molecule has 0 aliphatic heterocycles. The van der Waals surface area contributed by atoms with Crippen molar-refractivity contribution in [1.29, 1.82) is 0 Å². The van der Waals surface area contributed by atoms with Crippen LogP contribution in [-0.2, 0) is 9.57 Å². The zero-order valence-corrected chi connectivity index (χ0v) is 12.8. The number of fused-ring (bicyclic) bond motifs is 3. The zero-order chi connectivity index (χ0) is 16.1. The van der Waals surface area contributed by atoms with E-state index in [9.17, 15) is 5.11 Å². The van der Waals surface area contributed by atoms with Crippen LogP contribution < -0.4 is 0 Å². The lowest BCUT2D eigenvalue weighted by Crippen LogP contribution is -2.21. The summed E-state index contributed by atoms with van der Waals surface area (Å²) in [5.74, 6) is 0. The van der Waals surface area contributed by atoms with Crippen LogP contribution in [-0.4, -0.2) is 36.7 Å². The molecular formula is C19H19NO3. The van der Waals surface area contributed by atoms with Gasteiger partial charge in [-0.2, -0.15) is 0 Å². The third-order valence-corrected chi connectivity index (χ3v) is 3.62. The summed E-state index contributed by atoms with van der Waals surface area (Å²) in [5, 5.41) is 14.0. The maximum absolute atomic E-state index is 9.79. The Balaban J connectivity index is 1.73. The molecule has 4 heteroatoms. The Morgan fingerprint density at radius 1 is 0.957 bits per heavy atom. The molecule has 1 atom stereocenters. The number of ether oxygens (including phenoxy) is 1. The Hall–Kier alpha value is -2.43. The first-order chi connectivity index (χ1) is 11.3. The quantitative estimate of drug-likeness (QED) is 0.415. The Labute approximate surface area is 135 Å². The summed E-state index contributed by atoms with van der Waals surface area (Å²) in [6.07, 6.45) is 0.923. The standard InChI is InChI=1S/C19H19NO3/c1-2-11-22-12-14(21)13-23-20-19-17-9-5-3-7-15(17)16-8-4-6-10-18(16)19/h2-10,14,21H,1,11-13H2. The van der Waals surface area contributed by atoms with Gasteiger partial charge in [0.15, 0.2) is 0 Å². The van der Waals surface area contributed by atoms with Crippen molar-refractivity contribution >= 4 is 5.71 Å². The maximum Gasteiger partial charge on any atom is 0.145 e. The van der Waals surface area contributed by atoms with E-state index in [2.05, 4.69) is 23.9 Å². The highest BCUT2D eigenvalue weighted by Crippen LogP contribution is 2.36. The lowest BCUT2D eigenvalue weighted by molar-refractivity contribution is -0.0114. The molecule has 2 aromatic carbocycles.